The quantitative estimate of drug-likeness (QED) is 0.596. The molecule has 0 aliphatic carbocycles. The number of hydrogen-bond acceptors (Lipinski definition) is 0. The molecule has 0 bridgehead atoms. The van der Waals surface area contributed by atoms with E-state index in [9.17, 15) is 0 Å². The smallest absolute Gasteiger partial charge is 0.0631 e. The van der Waals surface area contributed by atoms with Crippen molar-refractivity contribution in [3.05, 3.63) is 72.8 Å². The van der Waals surface area contributed by atoms with Gasteiger partial charge >= 0.3 is 0 Å². The fraction of sp³-hybridized carbons (Fsp3) is 0. The van der Waals surface area contributed by atoms with Crippen LogP contribution < -0.4 is 10.4 Å². The number of rotatable bonds is 2. The molecule has 0 fully saturated rings. The van der Waals surface area contributed by atoms with E-state index in [1.807, 2.05) is 0 Å². The van der Waals surface area contributed by atoms with Gasteiger partial charge in [-0.3, -0.25) is 0 Å². The van der Waals surface area contributed by atoms with Crippen molar-refractivity contribution in [3.63, 3.8) is 0 Å². The molecule has 80 valence electrons. The molecular weight excluding hydrogens is 220 g/mol. The van der Waals surface area contributed by atoms with Gasteiger partial charge in [-0.2, -0.15) is 0 Å². The van der Waals surface area contributed by atoms with E-state index in [0.29, 0.717) is 0 Å². The maximum atomic E-state index is 2.23. The van der Waals surface area contributed by atoms with Gasteiger partial charge in [0.15, 0.2) is 0 Å². The molecule has 2 radical (unpaired) electrons. The van der Waals surface area contributed by atoms with Gasteiger partial charge in [-0.15, -0.1) is 0 Å². The lowest BCUT2D eigenvalue weighted by atomic mass is 10.1. The van der Waals surface area contributed by atoms with E-state index in [1.165, 1.54) is 21.1 Å². The highest BCUT2D eigenvalue weighted by atomic mass is 28.2. The Morgan fingerprint density at radius 1 is 0.588 bits per heavy atom. The molecule has 1 heteroatoms. The zero-order valence-electron chi connectivity index (χ0n) is 9.43. The third-order valence-electron chi connectivity index (χ3n) is 2.84. The lowest BCUT2D eigenvalue weighted by Crippen LogP contribution is -2.27. The van der Waals surface area contributed by atoms with Crippen LogP contribution in [0.4, 0.5) is 0 Å². The molecule has 0 saturated carbocycles. The minimum Gasteiger partial charge on any atom is -0.0631 e. The van der Waals surface area contributed by atoms with Gasteiger partial charge in [0.25, 0.3) is 0 Å². The molecule has 0 spiro atoms. The molecule has 0 heterocycles. The van der Waals surface area contributed by atoms with Crippen molar-refractivity contribution in [1.29, 1.82) is 0 Å². The lowest BCUT2D eigenvalue weighted by molar-refractivity contribution is 1.76. The largest absolute Gasteiger partial charge is 0.122 e. The number of hydrogen-bond donors (Lipinski definition) is 0. The van der Waals surface area contributed by atoms with Crippen LogP contribution in [0.1, 0.15) is 0 Å². The normalized spacial score (nSPS) is 10.6. The summed E-state index contributed by atoms with van der Waals surface area (Å²) in [6.45, 7) is 0. The molecular formula is C16H12Si. The molecule has 0 N–H and O–H groups in total. The van der Waals surface area contributed by atoms with Gasteiger partial charge in [0, 0.05) is 0 Å². The predicted octanol–water partition coefficient (Wildman–Crippen LogP) is 2.49. The Morgan fingerprint density at radius 2 is 1.29 bits per heavy atom. The maximum Gasteiger partial charge on any atom is 0.122 e. The first-order valence-electron chi connectivity index (χ1n) is 5.73. The van der Waals surface area contributed by atoms with E-state index in [4.69, 9.17) is 0 Å². The third-order valence-corrected chi connectivity index (χ3v) is 4.17. The summed E-state index contributed by atoms with van der Waals surface area (Å²) in [4.78, 5) is 0. The molecule has 0 saturated heterocycles. The fourth-order valence-corrected chi connectivity index (χ4v) is 3.22. The molecule has 3 aromatic rings. The maximum absolute atomic E-state index is 2.23. The van der Waals surface area contributed by atoms with Gasteiger partial charge in [0.1, 0.15) is 9.52 Å². The van der Waals surface area contributed by atoms with Gasteiger partial charge < -0.3 is 0 Å². The first-order chi connectivity index (χ1) is 8.43. The van der Waals surface area contributed by atoms with Crippen LogP contribution in [-0.4, -0.2) is 9.52 Å². The van der Waals surface area contributed by atoms with E-state index in [2.05, 4.69) is 72.8 Å². The van der Waals surface area contributed by atoms with Crippen LogP contribution in [0.5, 0.6) is 0 Å². The van der Waals surface area contributed by atoms with E-state index >= 15 is 0 Å². The second-order valence-corrected chi connectivity index (χ2v) is 5.38. The molecule has 0 amide bonds. The predicted molar refractivity (Wildman–Crippen MR) is 75.4 cm³/mol. The molecule has 0 atom stereocenters. The highest BCUT2D eigenvalue weighted by Crippen LogP contribution is 2.09. The van der Waals surface area contributed by atoms with Crippen LogP contribution in [0.3, 0.4) is 0 Å². The lowest BCUT2D eigenvalue weighted by Gasteiger charge is -2.05. The average Bonchev–Trinajstić information content (AvgIpc) is 2.40. The van der Waals surface area contributed by atoms with Gasteiger partial charge in [-0.25, -0.2) is 0 Å². The molecule has 0 unspecified atom stereocenters. The number of benzene rings is 3. The summed E-state index contributed by atoms with van der Waals surface area (Å²) >= 11 is 0. The van der Waals surface area contributed by atoms with E-state index in [0.717, 1.165) is 9.52 Å². The minimum atomic E-state index is 0.731. The van der Waals surface area contributed by atoms with Crippen molar-refractivity contribution < 1.29 is 0 Å². The summed E-state index contributed by atoms with van der Waals surface area (Å²) in [7, 11) is 0.731. The first-order valence-corrected chi connectivity index (χ1v) is 6.73. The van der Waals surface area contributed by atoms with Crippen LogP contribution in [0.25, 0.3) is 10.8 Å². The van der Waals surface area contributed by atoms with Crippen LogP contribution in [0, 0.1) is 0 Å². The standard InChI is InChI=1S/C16H12Si/c1-2-9-14(10-3-1)17-16-12-6-8-13-7-4-5-11-15(13)16/h1-12H. The zero-order valence-corrected chi connectivity index (χ0v) is 10.4. The molecule has 3 aromatic carbocycles. The van der Waals surface area contributed by atoms with Crippen molar-refractivity contribution in [3.8, 4) is 0 Å². The van der Waals surface area contributed by atoms with Crippen molar-refractivity contribution in [2.24, 2.45) is 0 Å². The first kappa shape index (κ1) is 10.3. The van der Waals surface area contributed by atoms with E-state index in [-0.39, 0.29) is 0 Å². The molecule has 3 rings (SSSR count). The second kappa shape index (κ2) is 4.56. The van der Waals surface area contributed by atoms with Gasteiger partial charge in [-0.1, -0.05) is 83.2 Å². The molecule has 0 nitrogen and oxygen atoms in total. The highest BCUT2D eigenvalue weighted by molar-refractivity contribution is 6.69. The summed E-state index contributed by atoms with van der Waals surface area (Å²) in [5.74, 6) is 0. The third kappa shape index (κ3) is 2.15. The molecule has 0 aromatic heterocycles. The Morgan fingerprint density at radius 3 is 2.18 bits per heavy atom. The van der Waals surface area contributed by atoms with Gasteiger partial charge in [0.05, 0.1) is 0 Å². The Balaban J connectivity index is 2.06. The highest BCUT2D eigenvalue weighted by Gasteiger charge is 2.02. The van der Waals surface area contributed by atoms with Gasteiger partial charge in [0.2, 0.25) is 0 Å². The summed E-state index contributed by atoms with van der Waals surface area (Å²) < 4.78 is 0. The van der Waals surface area contributed by atoms with Gasteiger partial charge in [-0.05, 0) is 10.8 Å². The van der Waals surface area contributed by atoms with Crippen molar-refractivity contribution >= 4 is 30.7 Å². The van der Waals surface area contributed by atoms with Crippen molar-refractivity contribution in [1.82, 2.24) is 0 Å². The zero-order chi connectivity index (χ0) is 11.5. The van der Waals surface area contributed by atoms with Crippen LogP contribution in [0.2, 0.25) is 0 Å². The van der Waals surface area contributed by atoms with Crippen molar-refractivity contribution in [2.75, 3.05) is 0 Å². The Hall–Kier alpha value is -1.86. The monoisotopic (exact) mass is 232 g/mol. The average molecular weight is 232 g/mol. The Kier molecular flexibility index (Phi) is 2.76. The molecule has 0 aliphatic rings. The number of fused-ring (bicyclic) bond motifs is 1. The minimum absolute atomic E-state index is 0.731. The van der Waals surface area contributed by atoms with Crippen LogP contribution >= 0.6 is 0 Å². The summed E-state index contributed by atoms with van der Waals surface area (Å²) in [5.41, 5.74) is 0. The fourth-order valence-electron chi connectivity index (χ4n) is 2.01. The van der Waals surface area contributed by atoms with Crippen LogP contribution in [-0.2, 0) is 0 Å². The topological polar surface area (TPSA) is 0 Å². The summed E-state index contributed by atoms with van der Waals surface area (Å²) in [6.07, 6.45) is 0. The SMILES string of the molecule is c1ccc([Si]c2cccc3ccccc23)cc1. The van der Waals surface area contributed by atoms with E-state index in [1.54, 1.807) is 0 Å². The van der Waals surface area contributed by atoms with Crippen LogP contribution in [0.15, 0.2) is 72.8 Å². The summed E-state index contributed by atoms with van der Waals surface area (Å²) in [6, 6.07) is 25.8. The van der Waals surface area contributed by atoms with E-state index < -0.39 is 0 Å². The second-order valence-electron chi connectivity index (χ2n) is 4.02. The molecule has 17 heavy (non-hydrogen) atoms. The summed E-state index contributed by atoms with van der Waals surface area (Å²) in [5, 5.41) is 5.52. The Bertz CT molecular complexity index is 624. The Labute approximate surface area is 104 Å². The molecule has 0 aliphatic heterocycles. The van der Waals surface area contributed by atoms with Crippen molar-refractivity contribution in [2.45, 2.75) is 0 Å².